The van der Waals surface area contributed by atoms with Crippen molar-refractivity contribution >= 4 is 34.7 Å². The molecular formula is C17H16ClN3O3S2. The molecule has 6 nitrogen and oxygen atoms in total. The zero-order valence-electron chi connectivity index (χ0n) is 14.2. The molecule has 3 heterocycles. The van der Waals surface area contributed by atoms with Crippen LogP contribution >= 0.6 is 34.7 Å². The molecule has 0 saturated heterocycles. The zero-order valence-corrected chi connectivity index (χ0v) is 16.6. The fourth-order valence-corrected chi connectivity index (χ4v) is 4.42. The third-order valence-corrected chi connectivity index (χ3v) is 5.96. The molecule has 1 aromatic carbocycles. The van der Waals surface area contributed by atoms with Gasteiger partial charge in [0, 0.05) is 12.2 Å². The summed E-state index contributed by atoms with van der Waals surface area (Å²) in [5.41, 5.74) is 1.91. The van der Waals surface area contributed by atoms with Crippen LogP contribution < -0.4 is 9.47 Å². The first-order valence-electron chi connectivity index (χ1n) is 8.09. The number of aromatic nitrogens is 3. The van der Waals surface area contributed by atoms with Crippen LogP contribution in [-0.4, -0.2) is 28.4 Å². The first kappa shape index (κ1) is 17.6. The summed E-state index contributed by atoms with van der Waals surface area (Å²) in [4.78, 5) is 5.31. The number of thiazole rings is 1. The predicted molar refractivity (Wildman–Crippen MR) is 102 cm³/mol. The summed E-state index contributed by atoms with van der Waals surface area (Å²) in [5.74, 6) is 2.45. The summed E-state index contributed by atoms with van der Waals surface area (Å²) < 4.78 is 17.1. The first-order chi connectivity index (χ1) is 12.6. The third kappa shape index (κ3) is 3.67. The number of fused-ring (bicyclic) bond motifs is 1. The lowest BCUT2D eigenvalue weighted by Gasteiger charge is -2.10. The zero-order chi connectivity index (χ0) is 18.1. The van der Waals surface area contributed by atoms with Gasteiger partial charge in [-0.05, 0) is 31.5 Å². The van der Waals surface area contributed by atoms with Gasteiger partial charge in [-0.25, -0.2) is 4.98 Å². The SMILES string of the molecule is Cc1nc(C)c(-c2nnc(SCc3cc(Cl)c4c(c3)OCCCO4)o2)s1. The molecule has 3 aromatic rings. The second-order valence-electron chi connectivity index (χ2n) is 5.76. The molecule has 2 aromatic heterocycles. The molecule has 0 unspecified atom stereocenters. The highest BCUT2D eigenvalue weighted by Crippen LogP contribution is 2.39. The number of halogens is 1. The average molecular weight is 410 g/mol. The van der Waals surface area contributed by atoms with E-state index in [9.17, 15) is 0 Å². The highest BCUT2D eigenvalue weighted by molar-refractivity contribution is 7.98. The lowest BCUT2D eigenvalue weighted by molar-refractivity contribution is 0.297. The van der Waals surface area contributed by atoms with Gasteiger partial charge in [0.1, 0.15) is 4.88 Å². The van der Waals surface area contributed by atoms with E-state index in [2.05, 4.69) is 15.2 Å². The molecule has 0 bridgehead atoms. The van der Waals surface area contributed by atoms with Crippen molar-refractivity contribution in [2.24, 2.45) is 0 Å². The monoisotopic (exact) mass is 409 g/mol. The Bertz CT molecular complexity index is 941. The molecule has 9 heteroatoms. The summed E-state index contributed by atoms with van der Waals surface area (Å²) in [6, 6.07) is 3.84. The van der Waals surface area contributed by atoms with Crippen molar-refractivity contribution in [3.8, 4) is 22.3 Å². The Labute approximate surface area is 163 Å². The molecule has 136 valence electrons. The van der Waals surface area contributed by atoms with Crippen LogP contribution in [0.4, 0.5) is 0 Å². The van der Waals surface area contributed by atoms with Crippen LogP contribution in [-0.2, 0) is 5.75 Å². The minimum atomic E-state index is 0.507. The Hall–Kier alpha value is -1.77. The lowest BCUT2D eigenvalue weighted by Crippen LogP contribution is -1.97. The van der Waals surface area contributed by atoms with Gasteiger partial charge in [-0.3, -0.25) is 0 Å². The Balaban J connectivity index is 1.49. The second kappa shape index (κ2) is 7.46. The van der Waals surface area contributed by atoms with Crippen LogP contribution in [0.15, 0.2) is 21.8 Å². The van der Waals surface area contributed by atoms with Crippen LogP contribution in [0.1, 0.15) is 22.7 Å². The number of benzene rings is 1. The summed E-state index contributed by atoms with van der Waals surface area (Å²) in [5, 5.41) is 10.3. The average Bonchev–Trinajstić information content (AvgIpc) is 3.11. The van der Waals surface area contributed by atoms with Gasteiger partial charge in [0.15, 0.2) is 11.5 Å². The topological polar surface area (TPSA) is 70.3 Å². The van der Waals surface area contributed by atoms with E-state index < -0.39 is 0 Å². The molecule has 0 fully saturated rings. The Morgan fingerprint density at radius 3 is 2.85 bits per heavy atom. The number of thioether (sulfide) groups is 1. The number of hydrogen-bond acceptors (Lipinski definition) is 8. The number of nitrogens with zero attached hydrogens (tertiary/aromatic N) is 3. The molecule has 0 amide bonds. The van der Waals surface area contributed by atoms with E-state index >= 15 is 0 Å². The molecule has 26 heavy (non-hydrogen) atoms. The summed E-state index contributed by atoms with van der Waals surface area (Å²) in [7, 11) is 0. The standard InChI is InChI=1S/C17H16ClN3O3S2/c1-9-15(26-10(2)19-9)16-20-21-17(24-16)25-8-11-6-12(18)14-13(7-11)22-4-3-5-23-14/h6-7H,3-5,8H2,1-2H3. The molecule has 0 atom stereocenters. The van der Waals surface area contributed by atoms with Gasteiger partial charge in [0.2, 0.25) is 0 Å². The van der Waals surface area contributed by atoms with Gasteiger partial charge >= 0.3 is 0 Å². The van der Waals surface area contributed by atoms with E-state index in [-0.39, 0.29) is 0 Å². The van der Waals surface area contributed by atoms with E-state index in [1.807, 2.05) is 26.0 Å². The molecule has 0 aliphatic carbocycles. The number of hydrogen-bond donors (Lipinski definition) is 0. The van der Waals surface area contributed by atoms with Crippen molar-refractivity contribution in [1.29, 1.82) is 0 Å². The van der Waals surface area contributed by atoms with Crippen molar-refractivity contribution in [3.63, 3.8) is 0 Å². The van der Waals surface area contributed by atoms with Crippen molar-refractivity contribution in [2.75, 3.05) is 13.2 Å². The van der Waals surface area contributed by atoms with Gasteiger partial charge in [0.05, 0.1) is 28.9 Å². The molecular weight excluding hydrogens is 394 g/mol. The van der Waals surface area contributed by atoms with Gasteiger partial charge in [0.25, 0.3) is 11.1 Å². The molecule has 0 saturated carbocycles. The summed E-state index contributed by atoms with van der Waals surface area (Å²) in [6.07, 6.45) is 0.844. The van der Waals surface area contributed by atoms with Crippen LogP contribution in [0.5, 0.6) is 11.5 Å². The fraction of sp³-hybridized carbons (Fsp3) is 0.353. The van der Waals surface area contributed by atoms with Gasteiger partial charge in [-0.1, -0.05) is 23.4 Å². The minimum absolute atomic E-state index is 0.507. The molecule has 4 rings (SSSR count). The van der Waals surface area contributed by atoms with Crippen LogP contribution in [0.2, 0.25) is 5.02 Å². The molecule has 0 N–H and O–H groups in total. The maximum atomic E-state index is 6.33. The highest BCUT2D eigenvalue weighted by atomic mass is 35.5. The van der Waals surface area contributed by atoms with E-state index in [4.69, 9.17) is 25.5 Å². The van der Waals surface area contributed by atoms with E-state index in [1.165, 1.54) is 11.8 Å². The van der Waals surface area contributed by atoms with Crippen LogP contribution in [0.25, 0.3) is 10.8 Å². The predicted octanol–water partition coefficient (Wildman–Crippen LogP) is 4.92. The van der Waals surface area contributed by atoms with Crippen molar-refractivity contribution < 1.29 is 13.9 Å². The largest absolute Gasteiger partial charge is 0.489 e. The van der Waals surface area contributed by atoms with Crippen LogP contribution in [0, 0.1) is 13.8 Å². The van der Waals surface area contributed by atoms with Crippen molar-refractivity contribution in [3.05, 3.63) is 33.4 Å². The summed E-state index contributed by atoms with van der Waals surface area (Å²) >= 11 is 9.34. The van der Waals surface area contributed by atoms with Gasteiger partial charge in [-0.15, -0.1) is 21.5 Å². The van der Waals surface area contributed by atoms with Crippen LogP contribution in [0.3, 0.4) is 0 Å². The number of ether oxygens (including phenoxy) is 2. The maximum absolute atomic E-state index is 6.33. The highest BCUT2D eigenvalue weighted by Gasteiger charge is 2.18. The molecule has 0 spiro atoms. The molecule has 1 aliphatic rings. The van der Waals surface area contributed by atoms with Crippen molar-refractivity contribution in [2.45, 2.75) is 31.2 Å². The minimum Gasteiger partial charge on any atom is -0.489 e. The number of rotatable bonds is 4. The quantitative estimate of drug-likeness (QED) is 0.566. The number of aryl methyl sites for hydroxylation is 2. The van der Waals surface area contributed by atoms with E-state index in [1.54, 1.807) is 11.3 Å². The van der Waals surface area contributed by atoms with Gasteiger partial charge < -0.3 is 13.9 Å². The van der Waals surface area contributed by atoms with Crippen molar-refractivity contribution in [1.82, 2.24) is 15.2 Å². The molecule has 1 aliphatic heterocycles. The fourth-order valence-electron chi connectivity index (χ4n) is 2.60. The lowest BCUT2D eigenvalue weighted by atomic mass is 10.2. The first-order valence-corrected chi connectivity index (χ1v) is 10.3. The normalized spacial score (nSPS) is 13.7. The Morgan fingerprint density at radius 2 is 2.04 bits per heavy atom. The summed E-state index contributed by atoms with van der Waals surface area (Å²) in [6.45, 7) is 5.14. The van der Waals surface area contributed by atoms with Gasteiger partial charge in [-0.2, -0.15) is 0 Å². The molecule has 0 radical (unpaired) electrons. The maximum Gasteiger partial charge on any atom is 0.277 e. The third-order valence-electron chi connectivity index (χ3n) is 3.73. The second-order valence-corrected chi connectivity index (χ2v) is 8.30. The van der Waals surface area contributed by atoms with E-state index in [0.29, 0.717) is 46.6 Å². The Kier molecular flexibility index (Phi) is 5.06. The smallest absolute Gasteiger partial charge is 0.277 e. The van der Waals surface area contributed by atoms with E-state index in [0.717, 1.165) is 27.6 Å². The Morgan fingerprint density at radius 1 is 1.19 bits per heavy atom.